The predicted molar refractivity (Wildman–Crippen MR) is 285 cm³/mol. The van der Waals surface area contributed by atoms with Gasteiger partial charge in [-0.05, 0) is 120 Å². The van der Waals surface area contributed by atoms with Gasteiger partial charge in [0.1, 0.15) is 0 Å². The molecule has 10 aromatic carbocycles. The Balaban J connectivity index is 0.858. The lowest BCUT2D eigenvalue weighted by molar-refractivity contribution is 1.30. The van der Waals surface area contributed by atoms with E-state index in [-0.39, 0.29) is 0 Å². The highest BCUT2D eigenvalue weighted by molar-refractivity contribution is 7.27. The number of thiophene rings is 4. The first-order valence-electron chi connectivity index (χ1n) is 21.5. The van der Waals surface area contributed by atoms with Gasteiger partial charge in [0.25, 0.3) is 0 Å². The van der Waals surface area contributed by atoms with Gasteiger partial charge in [-0.15, -0.1) is 45.3 Å². The van der Waals surface area contributed by atoms with E-state index in [2.05, 4.69) is 216 Å². The van der Waals surface area contributed by atoms with E-state index in [1.54, 1.807) is 0 Å². The van der Waals surface area contributed by atoms with Crippen molar-refractivity contribution in [2.24, 2.45) is 0 Å². The van der Waals surface area contributed by atoms with E-state index >= 15 is 0 Å². The Morgan fingerprint density at radius 1 is 0.203 bits per heavy atom. The summed E-state index contributed by atoms with van der Waals surface area (Å²) >= 11 is 7.52. The standard InChI is InChI=1S/C58H34N2S4/c1-3-11-37(12-4-1)59(39-19-23-45-43-15-7-9-17-51(43)61-55(45)31-39)41-21-25-47-49-27-35-28-50-48-26-22-42(34-58(48)64-54(50)30-36(35)29-53(49)63-57(47)33-41)60(38-13-5-2-6-14-38)40-20-24-46-44-16-8-10-18-52(44)62-56(46)32-40/h1-34H. The van der Waals surface area contributed by atoms with Crippen molar-refractivity contribution in [1.82, 2.24) is 0 Å². The molecular weight excluding hydrogens is 853 g/mol. The zero-order chi connectivity index (χ0) is 41.9. The van der Waals surface area contributed by atoms with Crippen LogP contribution >= 0.6 is 45.3 Å². The Hall–Kier alpha value is -7.06. The fourth-order valence-electron chi connectivity index (χ4n) is 9.80. The highest BCUT2D eigenvalue weighted by Crippen LogP contribution is 2.47. The molecule has 0 atom stereocenters. The molecular formula is C58H34N2S4. The van der Waals surface area contributed by atoms with E-state index in [9.17, 15) is 0 Å². The first kappa shape index (κ1) is 36.4. The summed E-state index contributed by atoms with van der Waals surface area (Å²) in [6.07, 6.45) is 0. The maximum Gasteiger partial charge on any atom is 0.0476 e. The van der Waals surface area contributed by atoms with Gasteiger partial charge in [-0.25, -0.2) is 0 Å². The van der Waals surface area contributed by atoms with Crippen molar-refractivity contribution in [2.75, 3.05) is 9.80 Å². The number of fused-ring (bicyclic) bond motifs is 13. The summed E-state index contributed by atoms with van der Waals surface area (Å²) in [5.74, 6) is 0. The van der Waals surface area contributed by atoms with Crippen molar-refractivity contribution >= 4 is 171 Å². The number of hydrogen-bond acceptors (Lipinski definition) is 6. The van der Waals surface area contributed by atoms with Gasteiger partial charge in [-0.1, -0.05) is 97.1 Å². The average Bonchev–Trinajstić information content (AvgIpc) is 4.10. The smallest absolute Gasteiger partial charge is 0.0476 e. The Bertz CT molecular complexity index is 3890. The summed E-state index contributed by atoms with van der Waals surface area (Å²) < 4.78 is 10.5. The second kappa shape index (κ2) is 14.2. The zero-order valence-electron chi connectivity index (χ0n) is 34.2. The Morgan fingerprint density at radius 3 is 0.906 bits per heavy atom. The van der Waals surface area contributed by atoms with Gasteiger partial charge >= 0.3 is 0 Å². The maximum atomic E-state index is 2.42. The second-order valence-electron chi connectivity index (χ2n) is 16.5. The fourth-order valence-corrected chi connectivity index (χ4v) is 14.4. The number of rotatable bonds is 6. The predicted octanol–water partition coefficient (Wildman–Crippen LogP) is 19.3. The fraction of sp³-hybridized carbons (Fsp3) is 0. The van der Waals surface area contributed by atoms with Crippen molar-refractivity contribution in [3.8, 4) is 0 Å². The van der Waals surface area contributed by atoms with Crippen LogP contribution in [0, 0.1) is 0 Å². The van der Waals surface area contributed by atoms with E-state index in [0.29, 0.717) is 0 Å². The third-order valence-electron chi connectivity index (χ3n) is 12.8. The molecule has 0 N–H and O–H groups in total. The molecule has 64 heavy (non-hydrogen) atoms. The minimum absolute atomic E-state index is 1.15. The molecule has 0 unspecified atom stereocenters. The van der Waals surface area contributed by atoms with Crippen molar-refractivity contribution in [1.29, 1.82) is 0 Å². The van der Waals surface area contributed by atoms with Crippen LogP contribution in [0.5, 0.6) is 0 Å². The third-order valence-corrected chi connectivity index (χ3v) is 17.3. The molecule has 14 rings (SSSR count). The monoisotopic (exact) mass is 886 g/mol. The molecule has 0 aliphatic rings. The summed E-state index contributed by atoms with van der Waals surface area (Å²) in [6, 6.07) is 76.5. The second-order valence-corrected chi connectivity index (χ2v) is 20.8. The van der Waals surface area contributed by atoms with Crippen LogP contribution in [0.25, 0.3) is 91.5 Å². The molecule has 0 spiro atoms. The number of hydrogen-bond donors (Lipinski definition) is 0. The molecule has 6 heteroatoms. The molecule has 300 valence electrons. The normalized spacial score (nSPS) is 12.1. The minimum Gasteiger partial charge on any atom is -0.310 e. The molecule has 0 aliphatic carbocycles. The van der Waals surface area contributed by atoms with Gasteiger partial charge < -0.3 is 9.80 Å². The van der Waals surface area contributed by atoms with E-state index in [1.807, 2.05) is 45.3 Å². The highest BCUT2D eigenvalue weighted by Gasteiger charge is 2.19. The summed E-state index contributed by atoms with van der Waals surface area (Å²) in [5, 5.41) is 13.1. The lowest BCUT2D eigenvalue weighted by Gasteiger charge is -2.25. The van der Waals surface area contributed by atoms with Crippen LogP contribution in [0.4, 0.5) is 34.1 Å². The van der Waals surface area contributed by atoms with Crippen LogP contribution in [0.2, 0.25) is 0 Å². The lowest BCUT2D eigenvalue weighted by atomic mass is 10.0. The molecule has 0 bridgehead atoms. The van der Waals surface area contributed by atoms with Gasteiger partial charge in [0, 0.05) is 115 Å². The molecule has 0 fully saturated rings. The molecule has 0 saturated heterocycles. The minimum atomic E-state index is 1.15. The summed E-state index contributed by atoms with van der Waals surface area (Å²) in [5.41, 5.74) is 6.95. The molecule has 4 aromatic heterocycles. The molecule has 14 aromatic rings. The third kappa shape index (κ3) is 5.74. The molecule has 0 saturated carbocycles. The Labute approximate surface area is 384 Å². The summed E-state index contributed by atoms with van der Waals surface area (Å²) in [4.78, 5) is 4.80. The van der Waals surface area contributed by atoms with E-state index in [1.165, 1.54) is 91.5 Å². The van der Waals surface area contributed by atoms with Gasteiger partial charge in [-0.3, -0.25) is 0 Å². The van der Waals surface area contributed by atoms with Gasteiger partial charge in [0.05, 0.1) is 0 Å². The number of benzene rings is 10. The maximum absolute atomic E-state index is 2.42. The van der Waals surface area contributed by atoms with Crippen molar-refractivity contribution < 1.29 is 0 Å². The first-order valence-corrected chi connectivity index (χ1v) is 24.7. The quantitative estimate of drug-likeness (QED) is 0.164. The number of para-hydroxylation sites is 2. The number of anilines is 6. The molecule has 0 radical (unpaired) electrons. The van der Waals surface area contributed by atoms with Crippen molar-refractivity contribution in [3.63, 3.8) is 0 Å². The molecule has 2 nitrogen and oxygen atoms in total. The van der Waals surface area contributed by atoms with Crippen LogP contribution in [-0.2, 0) is 0 Å². The Morgan fingerprint density at radius 2 is 0.500 bits per heavy atom. The van der Waals surface area contributed by atoms with E-state index < -0.39 is 0 Å². The highest BCUT2D eigenvalue weighted by atomic mass is 32.1. The van der Waals surface area contributed by atoms with Gasteiger partial charge in [0.15, 0.2) is 0 Å². The summed E-state index contributed by atoms with van der Waals surface area (Å²) in [6.45, 7) is 0. The first-order chi connectivity index (χ1) is 31.7. The topological polar surface area (TPSA) is 6.48 Å². The van der Waals surface area contributed by atoms with Gasteiger partial charge in [-0.2, -0.15) is 0 Å². The van der Waals surface area contributed by atoms with E-state index in [4.69, 9.17) is 0 Å². The molecule has 0 amide bonds. The number of nitrogens with zero attached hydrogens (tertiary/aromatic N) is 2. The van der Waals surface area contributed by atoms with Crippen LogP contribution in [0.1, 0.15) is 0 Å². The van der Waals surface area contributed by atoms with Gasteiger partial charge in [0.2, 0.25) is 0 Å². The van der Waals surface area contributed by atoms with Crippen molar-refractivity contribution in [2.45, 2.75) is 0 Å². The van der Waals surface area contributed by atoms with Crippen molar-refractivity contribution in [3.05, 3.63) is 206 Å². The summed E-state index contributed by atoms with van der Waals surface area (Å²) in [7, 11) is 0. The zero-order valence-corrected chi connectivity index (χ0v) is 37.4. The van der Waals surface area contributed by atoms with Crippen LogP contribution in [0.3, 0.4) is 0 Å². The SMILES string of the molecule is c1ccc(N(c2ccc3c(c2)sc2ccccc23)c2ccc3c(c2)sc2cc4cc5sc6cc(N(c7ccccc7)c7ccc8c(c7)sc7ccccc78)ccc6c5cc4cc23)cc1. The molecule has 0 aliphatic heterocycles. The molecule has 4 heterocycles. The van der Waals surface area contributed by atoms with Crippen LogP contribution in [-0.4, -0.2) is 0 Å². The van der Waals surface area contributed by atoms with Crippen LogP contribution < -0.4 is 9.80 Å². The Kier molecular flexibility index (Phi) is 8.10. The largest absolute Gasteiger partial charge is 0.310 e. The lowest BCUT2D eigenvalue weighted by Crippen LogP contribution is -2.09. The average molecular weight is 887 g/mol. The van der Waals surface area contributed by atoms with Crippen LogP contribution in [0.15, 0.2) is 206 Å². The van der Waals surface area contributed by atoms with E-state index in [0.717, 1.165) is 34.1 Å².